The Morgan fingerprint density at radius 3 is 2.25 bits per heavy atom. The summed E-state index contributed by atoms with van der Waals surface area (Å²) in [5.41, 5.74) is 1.17. The highest BCUT2D eigenvalue weighted by Gasteiger charge is 2.13. The van der Waals surface area contributed by atoms with Crippen molar-refractivity contribution in [1.29, 1.82) is 0 Å². The molecule has 0 saturated heterocycles. The van der Waals surface area contributed by atoms with Gasteiger partial charge in [-0.25, -0.2) is 4.79 Å². The van der Waals surface area contributed by atoms with Crippen LogP contribution in [-0.2, 0) is 9.63 Å². The molecule has 0 bridgehead atoms. The summed E-state index contributed by atoms with van der Waals surface area (Å²) in [5.74, 6) is 4.13. The molecule has 0 aliphatic rings. The van der Waals surface area contributed by atoms with Crippen LogP contribution in [0.2, 0.25) is 0 Å². The van der Waals surface area contributed by atoms with E-state index in [2.05, 4.69) is 4.84 Å². The smallest absolute Gasteiger partial charge is 0.374 e. The first-order valence-electron chi connectivity index (χ1n) is 4.55. The molecule has 16 heavy (non-hydrogen) atoms. The quantitative estimate of drug-likeness (QED) is 0.458. The number of aliphatic carboxylic acids is 1. The number of carboxylic acid groups (broad SMARTS) is 1. The number of nitrogens with two attached hydrogens (primary N) is 1. The summed E-state index contributed by atoms with van der Waals surface area (Å²) < 4.78 is 4.99. The number of methoxy groups -OCH3 is 1. The second kappa shape index (κ2) is 5.18. The van der Waals surface area contributed by atoms with Crippen molar-refractivity contribution in [2.24, 2.45) is 5.90 Å². The minimum Gasteiger partial charge on any atom is -0.497 e. The van der Waals surface area contributed by atoms with E-state index in [1.54, 1.807) is 38.3 Å². The minimum atomic E-state index is -1.20. The lowest BCUT2D eigenvalue weighted by Crippen LogP contribution is -2.11. The zero-order chi connectivity index (χ0) is 12.1. The Labute approximate surface area is 93.0 Å². The molecule has 1 aromatic rings. The van der Waals surface area contributed by atoms with Gasteiger partial charge in [0.25, 0.3) is 0 Å². The van der Waals surface area contributed by atoms with E-state index in [4.69, 9.17) is 15.7 Å². The van der Waals surface area contributed by atoms with Gasteiger partial charge >= 0.3 is 5.97 Å². The first-order chi connectivity index (χ1) is 7.60. The third kappa shape index (κ3) is 2.52. The second-order valence-electron chi connectivity index (χ2n) is 3.11. The van der Waals surface area contributed by atoms with Crippen LogP contribution in [0.1, 0.15) is 12.5 Å². The first-order valence-corrected chi connectivity index (χ1v) is 4.55. The van der Waals surface area contributed by atoms with Crippen molar-refractivity contribution in [1.82, 2.24) is 0 Å². The molecule has 0 aromatic heterocycles. The zero-order valence-electron chi connectivity index (χ0n) is 9.06. The molecule has 0 spiro atoms. The lowest BCUT2D eigenvalue weighted by Gasteiger charge is -2.07. The molecule has 0 atom stereocenters. The van der Waals surface area contributed by atoms with Crippen molar-refractivity contribution in [3.63, 3.8) is 0 Å². The summed E-state index contributed by atoms with van der Waals surface area (Å²) >= 11 is 0. The van der Waals surface area contributed by atoms with Gasteiger partial charge in [-0.1, -0.05) is 12.1 Å². The van der Waals surface area contributed by atoms with E-state index in [0.29, 0.717) is 16.9 Å². The minimum absolute atomic E-state index is 0.273. The molecule has 0 unspecified atom stereocenters. The van der Waals surface area contributed by atoms with Gasteiger partial charge in [-0.15, -0.1) is 0 Å². The maximum absolute atomic E-state index is 10.8. The van der Waals surface area contributed by atoms with Crippen LogP contribution < -0.4 is 10.6 Å². The number of rotatable bonds is 4. The average Bonchev–Trinajstić information content (AvgIpc) is 2.29. The summed E-state index contributed by atoms with van der Waals surface area (Å²) in [4.78, 5) is 15.1. The van der Waals surface area contributed by atoms with Crippen molar-refractivity contribution in [3.05, 3.63) is 35.6 Å². The molecule has 0 amide bonds. The van der Waals surface area contributed by atoms with E-state index in [-0.39, 0.29) is 5.76 Å². The van der Waals surface area contributed by atoms with Crippen LogP contribution in [0.25, 0.3) is 5.57 Å². The Balaban J connectivity index is 3.11. The number of carbonyl (C=O) groups is 1. The van der Waals surface area contributed by atoms with E-state index < -0.39 is 5.97 Å². The Morgan fingerprint density at radius 2 is 1.88 bits per heavy atom. The summed E-state index contributed by atoms with van der Waals surface area (Å²) in [5, 5.41) is 8.82. The van der Waals surface area contributed by atoms with Gasteiger partial charge in [-0.2, -0.15) is 5.90 Å². The molecule has 3 N–H and O–H groups in total. The maximum atomic E-state index is 10.8. The lowest BCUT2D eigenvalue weighted by atomic mass is 10.1. The van der Waals surface area contributed by atoms with E-state index in [1.807, 2.05) is 0 Å². The summed E-state index contributed by atoms with van der Waals surface area (Å²) in [6, 6.07) is 6.93. The highest BCUT2D eigenvalue weighted by Crippen LogP contribution is 2.21. The Bertz CT molecular complexity index is 408. The number of carboxylic acids is 1. The van der Waals surface area contributed by atoms with Crippen LogP contribution in [0, 0.1) is 0 Å². The SMILES string of the molecule is COc1ccc(C(C)=C(ON)C(=O)O)cc1. The second-order valence-corrected chi connectivity index (χ2v) is 3.11. The van der Waals surface area contributed by atoms with Crippen LogP contribution in [-0.4, -0.2) is 18.2 Å². The lowest BCUT2D eigenvalue weighted by molar-refractivity contribution is -0.136. The maximum Gasteiger partial charge on any atom is 0.374 e. The van der Waals surface area contributed by atoms with Gasteiger partial charge in [-0.3, -0.25) is 0 Å². The first kappa shape index (κ1) is 12.1. The van der Waals surface area contributed by atoms with Crippen LogP contribution in [0.5, 0.6) is 5.75 Å². The van der Waals surface area contributed by atoms with E-state index in [0.717, 1.165) is 0 Å². The van der Waals surface area contributed by atoms with Crippen molar-refractivity contribution < 1.29 is 19.5 Å². The van der Waals surface area contributed by atoms with Crippen LogP contribution in [0.4, 0.5) is 0 Å². The predicted octanol–water partition coefficient (Wildman–Crippen LogP) is 1.40. The molecule has 0 radical (unpaired) electrons. The summed E-state index contributed by atoms with van der Waals surface area (Å²) in [7, 11) is 1.56. The van der Waals surface area contributed by atoms with Gasteiger partial charge in [0.2, 0.25) is 5.76 Å². The van der Waals surface area contributed by atoms with Gasteiger partial charge in [0.05, 0.1) is 7.11 Å². The standard InChI is InChI=1S/C11H13NO4/c1-7(10(16-12)11(13)14)8-3-5-9(15-2)6-4-8/h3-6H,12H2,1-2H3,(H,13,14). The number of benzene rings is 1. The fourth-order valence-corrected chi connectivity index (χ4v) is 1.27. The molecule has 1 aromatic carbocycles. The molecule has 5 nitrogen and oxygen atoms in total. The Kier molecular flexibility index (Phi) is 3.90. The van der Waals surface area contributed by atoms with Gasteiger partial charge in [0, 0.05) is 5.57 Å². The number of hydrogen-bond acceptors (Lipinski definition) is 4. The van der Waals surface area contributed by atoms with E-state index in [1.165, 1.54) is 0 Å². The predicted molar refractivity (Wildman–Crippen MR) is 58.5 cm³/mol. The zero-order valence-corrected chi connectivity index (χ0v) is 9.06. The molecular formula is C11H13NO4. The van der Waals surface area contributed by atoms with Crippen LogP contribution >= 0.6 is 0 Å². The average molecular weight is 223 g/mol. The molecule has 0 heterocycles. The number of ether oxygens (including phenoxy) is 1. The molecular weight excluding hydrogens is 210 g/mol. The van der Waals surface area contributed by atoms with Crippen LogP contribution in [0.15, 0.2) is 30.0 Å². The fraction of sp³-hybridized carbons (Fsp3) is 0.182. The normalized spacial score (nSPS) is 11.7. The van der Waals surface area contributed by atoms with Crippen molar-refractivity contribution in [3.8, 4) is 5.75 Å². The third-order valence-electron chi connectivity index (χ3n) is 2.18. The van der Waals surface area contributed by atoms with Gasteiger partial charge in [0.15, 0.2) is 0 Å². The Hall–Kier alpha value is -2.01. The molecule has 0 aliphatic heterocycles. The number of hydrogen-bond donors (Lipinski definition) is 2. The molecule has 0 fully saturated rings. The Morgan fingerprint density at radius 1 is 1.31 bits per heavy atom. The van der Waals surface area contributed by atoms with E-state index in [9.17, 15) is 4.79 Å². The molecule has 1 rings (SSSR count). The van der Waals surface area contributed by atoms with E-state index >= 15 is 0 Å². The molecule has 5 heteroatoms. The third-order valence-corrected chi connectivity index (χ3v) is 2.18. The van der Waals surface area contributed by atoms with Gasteiger partial charge in [0.1, 0.15) is 5.75 Å². The summed E-state index contributed by atoms with van der Waals surface area (Å²) in [6.07, 6.45) is 0. The monoisotopic (exact) mass is 223 g/mol. The van der Waals surface area contributed by atoms with Crippen molar-refractivity contribution in [2.45, 2.75) is 6.92 Å². The molecule has 0 saturated carbocycles. The highest BCUT2D eigenvalue weighted by molar-refractivity contribution is 5.93. The highest BCUT2D eigenvalue weighted by atomic mass is 16.6. The molecule has 0 aliphatic carbocycles. The summed E-state index contributed by atoms with van der Waals surface area (Å²) in [6.45, 7) is 1.62. The molecule has 86 valence electrons. The largest absolute Gasteiger partial charge is 0.497 e. The van der Waals surface area contributed by atoms with Gasteiger partial charge < -0.3 is 14.7 Å². The van der Waals surface area contributed by atoms with Crippen molar-refractivity contribution in [2.75, 3.05) is 7.11 Å². The topological polar surface area (TPSA) is 81.8 Å². The van der Waals surface area contributed by atoms with Crippen LogP contribution in [0.3, 0.4) is 0 Å². The van der Waals surface area contributed by atoms with Gasteiger partial charge in [-0.05, 0) is 24.6 Å². The van der Waals surface area contributed by atoms with Crippen molar-refractivity contribution >= 4 is 11.5 Å². The number of allylic oxidation sites excluding steroid dienone is 1. The fourth-order valence-electron chi connectivity index (χ4n) is 1.27.